The molecule has 23 heavy (non-hydrogen) atoms. The van der Waals surface area contributed by atoms with Gasteiger partial charge in [-0.25, -0.2) is 0 Å². The smallest absolute Gasteiger partial charge is 0.224 e. The molecule has 1 amide bonds. The van der Waals surface area contributed by atoms with Crippen molar-refractivity contribution in [3.8, 4) is 0 Å². The van der Waals surface area contributed by atoms with E-state index >= 15 is 0 Å². The normalized spacial score (nSPS) is 11.1. The Kier molecular flexibility index (Phi) is 5.22. The molecule has 2 aromatic rings. The first-order valence-corrected chi connectivity index (χ1v) is 7.83. The molecule has 0 spiro atoms. The molecular formula is C19H20ClNO2. The highest BCUT2D eigenvalue weighted by Gasteiger charge is 2.19. The van der Waals surface area contributed by atoms with Crippen LogP contribution in [0.4, 0.5) is 5.69 Å². The van der Waals surface area contributed by atoms with E-state index in [0.29, 0.717) is 28.3 Å². The lowest BCUT2D eigenvalue weighted by Crippen LogP contribution is -2.21. The molecule has 0 saturated heterocycles. The van der Waals surface area contributed by atoms with Crippen molar-refractivity contribution >= 4 is 29.0 Å². The van der Waals surface area contributed by atoms with Crippen molar-refractivity contribution < 1.29 is 9.59 Å². The molecule has 4 heteroatoms. The van der Waals surface area contributed by atoms with E-state index in [2.05, 4.69) is 5.32 Å². The summed E-state index contributed by atoms with van der Waals surface area (Å²) in [7, 11) is 0. The van der Waals surface area contributed by atoms with Gasteiger partial charge in [0.25, 0.3) is 0 Å². The van der Waals surface area contributed by atoms with Crippen LogP contribution in [0.1, 0.15) is 43.1 Å². The van der Waals surface area contributed by atoms with Gasteiger partial charge in [-0.05, 0) is 23.6 Å². The Morgan fingerprint density at radius 3 is 2.30 bits per heavy atom. The van der Waals surface area contributed by atoms with Crippen molar-refractivity contribution in [2.24, 2.45) is 5.41 Å². The predicted octanol–water partition coefficient (Wildman–Crippen LogP) is 4.95. The van der Waals surface area contributed by atoms with Crippen LogP contribution in [-0.2, 0) is 4.79 Å². The second-order valence-electron chi connectivity index (χ2n) is 6.67. The second-order valence-corrected chi connectivity index (χ2v) is 7.11. The Labute approximate surface area is 141 Å². The van der Waals surface area contributed by atoms with E-state index in [-0.39, 0.29) is 17.1 Å². The zero-order chi connectivity index (χ0) is 17.0. The van der Waals surface area contributed by atoms with Crippen LogP contribution < -0.4 is 5.32 Å². The maximum atomic E-state index is 12.7. The highest BCUT2D eigenvalue weighted by molar-refractivity contribution is 6.31. The topological polar surface area (TPSA) is 46.2 Å². The van der Waals surface area contributed by atoms with Gasteiger partial charge in [0.1, 0.15) is 0 Å². The van der Waals surface area contributed by atoms with Crippen molar-refractivity contribution in [3.05, 3.63) is 64.7 Å². The predicted molar refractivity (Wildman–Crippen MR) is 94.0 cm³/mol. The van der Waals surface area contributed by atoms with E-state index < -0.39 is 0 Å². The number of nitrogens with one attached hydrogen (secondary N) is 1. The molecule has 0 unspecified atom stereocenters. The maximum Gasteiger partial charge on any atom is 0.224 e. The van der Waals surface area contributed by atoms with E-state index in [0.717, 1.165) is 0 Å². The van der Waals surface area contributed by atoms with Crippen LogP contribution in [0.25, 0.3) is 0 Å². The summed E-state index contributed by atoms with van der Waals surface area (Å²) in [6.07, 6.45) is 0.370. The molecule has 0 fully saturated rings. The number of carbonyl (C=O) groups excluding carboxylic acids is 2. The number of hydrogen-bond acceptors (Lipinski definition) is 2. The molecule has 3 nitrogen and oxygen atoms in total. The molecule has 0 aromatic heterocycles. The molecule has 120 valence electrons. The van der Waals surface area contributed by atoms with E-state index in [4.69, 9.17) is 11.6 Å². The second kappa shape index (κ2) is 6.97. The first-order chi connectivity index (χ1) is 10.8. The van der Waals surface area contributed by atoms with Gasteiger partial charge in [-0.2, -0.15) is 0 Å². The Bertz CT molecular complexity index is 718. The number of ketones is 1. The lowest BCUT2D eigenvalue weighted by Gasteiger charge is -2.18. The molecule has 0 aliphatic heterocycles. The van der Waals surface area contributed by atoms with Crippen LogP contribution in [0.3, 0.4) is 0 Å². The van der Waals surface area contributed by atoms with Crippen molar-refractivity contribution in [2.45, 2.75) is 27.2 Å². The summed E-state index contributed by atoms with van der Waals surface area (Å²) < 4.78 is 0. The highest BCUT2D eigenvalue weighted by atomic mass is 35.5. The summed E-state index contributed by atoms with van der Waals surface area (Å²) in [4.78, 5) is 24.8. The van der Waals surface area contributed by atoms with Gasteiger partial charge in [0, 0.05) is 22.6 Å². The number of carbonyl (C=O) groups is 2. The maximum absolute atomic E-state index is 12.7. The average Bonchev–Trinajstić information content (AvgIpc) is 2.47. The van der Waals surface area contributed by atoms with Gasteiger partial charge in [-0.15, -0.1) is 0 Å². The number of rotatable bonds is 4. The third-order valence-corrected chi connectivity index (χ3v) is 3.46. The zero-order valence-electron chi connectivity index (χ0n) is 13.5. The Hall–Kier alpha value is -2.13. The minimum absolute atomic E-state index is 0.123. The Morgan fingerprint density at radius 1 is 1.04 bits per heavy atom. The first kappa shape index (κ1) is 17.2. The summed E-state index contributed by atoms with van der Waals surface area (Å²) in [5.74, 6) is -0.291. The monoisotopic (exact) mass is 329 g/mol. The fourth-order valence-corrected chi connectivity index (χ4v) is 2.41. The van der Waals surface area contributed by atoms with Gasteiger partial charge in [0.2, 0.25) is 5.91 Å². The standard InChI is InChI=1S/C19H20ClNO2/c1-19(2,3)12-17(22)21-16-10-9-14(20)11-15(16)18(23)13-7-5-4-6-8-13/h4-11H,12H2,1-3H3,(H,21,22). The van der Waals surface area contributed by atoms with Crippen LogP contribution in [-0.4, -0.2) is 11.7 Å². The SMILES string of the molecule is CC(C)(C)CC(=O)Nc1ccc(Cl)cc1C(=O)c1ccccc1. The highest BCUT2D eigenvalue weighted by Crippen LogP contribution is 2.25. The van der Waals surface area contributed by atoms with Gasteiger partial charge in [0.15, 0.2) is 5.78 Å². The number of hydrogen-bond donors (Lipinski definition) is 1. The van der Waals surface area contributed by atoms with Crippen LogP contribution >= 0.6 is 11.6 Å². The summed E-state index contributed by atoms with van der Waals surface area (Å²) in [6, 6.07) is 13.8. The average molecular weight is 330 g/mol. The summed E-state index contributed by atoms with van der Waals surface area (Å²) in [6.45, 7) is 5.97. The van der Waals surface area contributed by atoms with Crippen LogP contribution in [0.2, 0.25) is 5.02 Å². The number of halogens is 1. The number of anilines is 1. The van der Waals surface area contributed by atoms with E-state index in [1.165, 1.54) is 0 Å². The van der Waals surface area contributed by atoms with Gasteiger partial charge >= 0.3 is 0 Å². The summed E-state index contributed by atoms with van der Waals surface area (Å²) in [5, 5.41) is 3.28. The molecule has 2 rings (SSSR count). The van der Waals surface area contributed by atoms with Crippen molar-refractivity contribution in [2.75, 3.05) is 5.32 Å². The third kappa shape index (κ3) is 4.93. The quantitative estimate of drug-likeness (QED) is 0.807. The van der Waals surface area contributed by atoms with Crippen molar-refractivity contribution in [1.82, 2.24) is 0 Å². The van der Waals surface area contributed by atoms with Crippen LogP contribution in [0.5, 0.6) is 0 Å². The van der Waals surface area contributed by atoms with Gasteiger partial charge in [-0.1, -0.05) is 62.7 Å². The molecule has 2 aromatic carbocycles. The lowest BCUT2D eigenvalue weighted by atomic mass is 9.92. The number of amides is 1. The molecule has 0 radical (unpaired) electrons. The lowest BCUT2D eigenvalue weighted by molar-refractivity contribution is -0.117. The molecule has 0 atom stereocenters. The largest absolute Gasteiger partial charge is 0.325 e. The first-order valence-electron chi connectivity index (χ1n) is 7.45. The molecule has 1 N–H and O–H groups in total. The fraction of sp³-hybridized carbons (Fsp3) is 0.263. The van der Waals surface area contributed by atoms with E-state index in [9.17, 15) is 9.59 Å². The third-order valence-electron chi connectivity index (χ3n) is 3.23. The van der Waals surface area contributed by atoms with E-state index in [1.807, 2.05) is 26.8 Å². The molecule has 0 aliphatic carbocycles. The van der Waals surface area contributed by atoms with Crippen LogP contribution in [0, 0.1) is 5.41 Å². The molecule has 0 heterocycles. The Morgan fingerprint density at radius 2 is 1.70 bits per heavy atom. The van der Waals surface area contributed by atoms with Crippen molar-refractivity contribution in [1.29, 1.82) is 0 Å². The summed E-state index contributed by atoms with van der Waals surface area (Å²) >= 11 is 6.03. The van der Waals surface area contributed by atoms with E-state index in [1.54, 1.807) is 42.5 Å². The van der Waals surface area contributed by atoms with Crippen LogP contribution in [0.15, 0.2) is 48.5 Å². The number of benzene rings is 2. The minimum Gasteiger partial charge on any atom is -0.325 e. The van der Waals surface area contributed by atoms with Gasteiger partial charge < -0.3 is 5.32 Å². The zero-order valence-corrected chi connectivity index (χ0v) is 14.3. The fourth-order valence-electron chi connectivity index (χ4n) is 2.23. The van der Waals surface area contributed by atoms with Gasteiger partial charge in [-0.3, -0.25) is 9.59 Å². The molecule has 0 saturated carbocycles. The Balaban J connectivity index is 2.31. The molecule has 0 bridgehead atoms. The molecule has 0 aliphatic rings. The molecular weight excluding hydrogens is 310 g/mol. The van der Waals surface area contributed by atoms with Crippen molar-refractivity contribution in [3.63, 3.8) is 0 Å². The summed E-state index contributed by atoms with van der Waals surface area (Å²) in [5.41, 5.74) is 1.31. The minimum atomic E-state index is -0.167. The van der Waals surface area contributed by atoms with Gasteiger partial charge in [0.05, 0.1) is 5.69 Å².